The fraction of sp³-hybridized carbons (Fsp3) is 0.241. The van der Waals surface area contributed by atoms with Gasteiger partial charge in [-0.25, -0.2) is 0 Å². The number of nitrogens with one attached hydrogen (secondary N) is 1. The van der Waals surface area contributed by atoms with Crippen LogP contribution in [-0.4, -0.2) is 4.98 Å². The van der Waals surface area contributed by atoms with Gasteiger partial charge in [0.05, 0.1) is 0 Å². The highest BCUT2D eigenvalue weighted by molar-refractivity contribution is 6.07. The average molecular weight is 394 g/mol. The van der Waals surface area contributed by atoms with Crippen LogP contribution in [0.2, 0.25) is 0 Å². The molecule has 1 aromatic heterocycles. The largest absolute Gasteiger partial charge is 0.355 e. The molecule has 1 atom stereocenters. The van der Waals surface area contributed by atoms with E-state index in [1.807, 2.05) is 0 Å². The summed E-state index contributed by atoms with van der Waals surface area (Å²) in [6.07, 6.45) is 6.71. The number of fused-ring (bicyclic) bond motifs is 3. The lowest BCUT2D eigenvalue weighted by Gasteiger charge is -2.18. The van der Waals surface area contributed by atoms with E-state index in [1.165, 1.54) is 49.6 Å². The third kappa shape index (κ3) is 3.85. The highest BCUT2D eigenvalue weighted by atomic mass is 14.7. The Balaban J connectivity index is 1.63. The first kappa shape index (κ1) is 20.2. The molecule has 0 spiro atoms. The first-order valence-electron chi connectivity index (χ1n) is 11.0. The molecule has 0 bridgehead atoms. The predicted octanol–water partition coefficient (Wildman–Crippen LogP) is 8.43. The molecule has 0 radical (unpaired) electrons. The zero-order chi connectivity index (χ0) is 21.1. The predicted molar refractivity (Wildman–Crippen MR) is 132 cm³/mol. The van der Waals surface area contributed by atoms with Gasteiger partial charge in [-0.15, -0.1) is 0 Å². The molecule has 0 saturated heterocycles. The smallest absolute Gasteiger partial charge is 0.0467 e. The summed E-state index contributed by atoms with van der Waals surface area (Å²) < 4.78 is 0. The van der Waals surface area contributed by atoms with E-state index in [9.17, 15) is 0 Å². The van der Waals surface area contributed by atoms with Gasteiger partial charge in [0, 0.05) is 21.8 Å². The van der Waals surface area contributed by atoms with Crippen molar-refractivity contribution in [2.45, 2.75) is 46.5 Å². The topological polar surface area (TPSA) is 15.8 Å². The van der Waals surface area contributed by atoms with Crippen molar-refractivity contribution in [3.63, 3.8) is 0 Å². The molecule has 0 aliphatic carbocycles. The van der Waals surface area contributed by atoms with Crippen molar-refractivity contribution in [2.24, 2.45) is 0 Å². The summed E-state index contributed by atoms with van der Waals surface area (Å²) in [6, 6.07) is 24.2. The van der Waals surface area contributed by atoms with E-state index in [1.54, 1.807) is 0 Å². The Morgan fingerprint density at radius 2 is 1.67 bits per heavy atom. The zero-order valence-corrected chi connectivity index (χ0v) is 18.5. The lowest BCUT2D eigenvalue weighted by Crippen LogP contribution is -1.99. The van der Waals surface area contributed by atoms with Crippen molar-refractivity contribution in [3.8, 4) is 0 Å². The summed E-state index contributed by atoms with van der Waals surface area (Å²) in [4.78, 5) is 3.56. The summed E-state index contributed by atoms with van der Waals surface area (Å²) in [5.41, 5.74) is 9.25. The van der Waals surface area contributed by atoms with E-state index in [-0.39, 0.29) is 0 Å². The van der Waals surface area contributed by atoms with Gasteiger partial charge < -0.3 is 4.98 Å². The average Bonchev–Trinajstić information content (AvgIpc) is 3.16. The van der Waals surface area contributed by atoms with E-state index in [4.69, 9.17) is 0 Å². The van der Waals surface area contributed by atoms with Crippen LogP contribution in [0.25, 0.3) is 27.4 Å². The van der Waals surface area contributed by atoms with Crippen LogP contribution in [0.4, 0.5) is 0 Å². The molecule has 0 aliphatic rings. The monoisotopic (exact) mass is 393 g/mol. The first-order chi connectivity index (χ1) is 14.6. The maximum absolute atomic E-state index is 3.56. The van der Waals surface area contributed by atoms with Crippen LogP contribution in [0.15, 0.2) is 84.5 Å². The summed E-state index contributed by atoms with van der Waals surface area (Å²) in [5, 5.41) is 2.59. The van der Waals surface area contributed by atoms with Crippen molar-refractivity contribution in [1.29, 1.82) is 0 Å². The third-order valence-electron chi connectivity index (χ3n) is 6.32. The van der Waals surface area contributed by atoms with Gasteiger partial charge in [-0.1, -0.05) is 80.6 Å². The van der Waals surface area contributed by atoms with Gasteiger partial charge in [0.15, 0.2) is 0 Å². The van der Waals surface area contributed by atoms with Crippen molar-refractivity contribution < 1.29 is 0 Å². The molecule has 4 rings (SSSR count). The van der Waals surface area contributed by atoms with Gasteiger partial charge in [-0.3, -0.25) is 0 Å². The molecule has 0 aliphatic heterocycles. The van der Waals surface area contributed by atoms with Crippen LogP contribution in [0.1, 0.15) is 56.7 Å². The minimum atomic E-state index is 0.563. The number of aromatic amines is 1. The third-order valence-corrected chi connectivity index (χ3v) is 6.32. The summed E-state index contributed by atoms with van der Waals surface area (Å²) >= 11 is 0. The first-order valence-corrected chi connectivity index (χ1v) is 11.0. The van der Waals surface area contributed by atoms with E-state index >= 15 is 0 Å². The van der Waals surface area contributed by atoms with Crippen LogP contribution >= 0.6 is 0 Å². The zero-order valence-electron chi connectivity index (χ0n) is 18.5. The highest BCUT2D eigenvalue weighted by Gasteiger charge is 2.12. The van der Waals surface area contributed by atoms with Crippen LogP contribution < -0.4 is 0 Å². The molecule has 1 N–H and O–H groups in total. The minimum absolute atomic E-state index is 0.563. The Kier molecular flexibility index (Phi) is 5.90. The Labute approximate surface area is 180 Å². The van der Waals surface area contributed by atoms with Gasteiger partial charge in [-0.2, -0.15) is 0 Å². The summed E-state index contributed by atoms with van der Waals surface area (Å²) in [7, 11) is 0. The second-order valence-corrected chi connectivity index (χ2v) is 8.24. The summed E-state index contributed by atoms with van der Waals surface area (Å²) in [5.74, 6) is 0.563. The highest BCUT2D eigenvalue weighted by Crippen LogP contribution is 2.32. The number of allylic oxidation sites excluding steroid dienone is 4. The molecular formula is C29H31N. The molecule has 3 aromatic carbocycles. The van der Waals surface area contributed by atoms with E-state index in [0.29, 0.717) is 5.92 Å². The number of H-pyrrole nitrogens is 1. The molecule has 1 heteroatoms. The van der Waals surface area contributed by atoms with Gasteiger partial charge in [-0.05, 0) is 72.6 Å². The van der Waals surface area contributed by atoms with E-state index < -0.39 is 0 Å². The Hall–Kier alpha value is -3.06. The Morgan fingerprint density at radius 1 is 0.933 bits per heavy atom. The quantitative estimate of drug-likeness (QED) is 0.316. The summed E-state index contributed by atoms with van der Waals surface area (Å²) in [6.45, 7) is 8.97. The maximum atomic E-state index is 3.56. The lowest BCUT2D eigenvalue weighted by molar-refractivity contribution is 0.731. The van der Waals surface area contributed by atoms with Crippen molar-refractivity contribution in [3.05, 3.63) is 101 Å². The van der Waals surface area contributed by atoms with Crippen LogP contribution in [-0.2, 0) is 6.42 Å². The second-order valence-electron chi connectivity index (χ2n) is 8.24. The fourth-order valence-corrected chi connectivity index (χ4v) is 4.40. The number of hydrogen-bond donors (Lipinski definition) is 1. The van der Waals surface area contributed by atoms with Crippen LogP contribution in [0.3, 0.4) is 0 Å². The maximum Gasteiger partial charge on any atom is 0.0467 e. The normalized spacial score (nSPS) is 13.9. The van der Waals surface area contributed by atoms with Crippen molar-refractivity contribution >= 4 is 27.4 Å². The molecule has 0 saturated carbocycles. The lowest BCUT2D eigenvalue weighted by atomic mass is 9.87. The molecular weight excluding hydrogens is 362 g/mol. The van der Waals surface area contributed by atoms with Gasteiger partial charge >= 0.3 is 0 Å². The minimum Gasteiger partial charge on any atom is -0.355 e. The molecule has 1 heterocycles. The van der Waals surface area contributed by atoms with E-state index in [0.717, 1.165) is 12.8 Å². The van der Waals surface area contributed by atoms with E-state index in [2.05, 4.69) is 112 Å². The molecule has 152 valence electrons. The molecule has 30 heavy (non-hydrogen) atoms. The van der Waals surface area contributed by atoms with Gasteiger partial charge in [0.25, 0.3) is 0 Å². The standard InChI is InChI=1S/C29H31N/c1-5-20(3)24-11-7-8-12-25(24)23(6-2)21(4)15-16-22-17-18-27-26-13-9-10-14-28(26)30-29(27)19-22/h6-15,17-20,30H,5,16H2,1-4H3/b21-15-,23-6+. The number of hydrogen-bond acceptors (Lipinski definition) is 0. The SMILES string of the molecule is C/C=C(\C(C)=C/Cc1ccc2c(c1)[nH]c1ccccc12)c1ccccc1C(C)CC. The number of aromatic nitrogens is 1. The van der Waals surface area contributed by atoms with Crippen LogP contribution in [0, 0.1) is 0 Å². The fourth-order valence-electron chi connectivity index (χ4n) is 4.40. The second kappa shape index (κ2) is 8.75. The Morgan fingerprint density at radius 3 is 2.47 bits per heavy atom. The number of para-hydroxylation sites is 1. The van der Waals surface area contributed by atoms with Crippen molar-refractivity contribution in [1.82, 2.24) is 4.98 Å². The molecule has 0 fully saturated rings. The van der Waals surface area contributed by atoms with Crippen molar-refractivity contribution in [2.75, 3.05) is 0 Å². The Bertz CT molecular complexity index is 1240. The molecule has 1 unspecified atom stereocenters. The number of benzene rings is 3. The van der Waals surface area contributed by atoms with Gasteiger partial charge in [0.2, 0.25) is 0 Å². The molecule has 0 amide bonds. The number of rotatable bonds is 6. The molecule has 4 aromatic rings. The molecule has 1 nitrogen and oxygen atoms in total. The van der Waals surface area contributed by atoms with Crippen LogP contribution in [0.5, 0.6) is 0 Å². The van der Waals surface area contributed by atoms with Gasteiger partial charge in [0.1, 0.15) is 0 Å².